The van der Waals surface area contributed by atoms with Crippen molar-refractivity contribution in [2.24, 2.45) is 0 Å². The number of nitrogens with one attached hydrogen (secondary N) is 1. The van der Waals surface area contributed by atoms with Crippen molar-refractivity contribution in [2.75, 3.05) is 31.1 Å². The van der Waals surface area contributed by atoms with Crippen molar-refractivity contribution in [3.8, 4) is 6.07 Å². The molecule has 0 spiro atoms. The Labute approximate surface area is 164 Å². The Hall–Kier alpha value is -3.47. The highest BCUT2D eigenvalue weighted by atomic mass is 19.4. The van der Waals surface area contributed by atoms with E-state index in [4.69, 9.17) is 5.26 Å². The molecule has 29 heavy (non-hydrogen) atoms. The number of amides is 1. The van der Waals surface area contributed by atoms with E-state index >= 15 is 0 Å². The lowest BCUT2D eigenvalue weighted by Gasteiger charge is -2.37. The molecule has 3 aromatic rings. The SMILES string of the molecule is N#Cc1ccc(N2CCN(C(=O)c3cc4ccccc4[nH]3)CC2)c(C(F)(F)F)c1. The summed E-state index contributed by atoms with van der Waals surface area (Å²) in [6.45, 7) is 1.18. The van der Waals surface area contributed by atoms with Crippen molar-refractivity contribution in [3.05, 3.63) is 65.4 Å². The number of aromatic nitrogens is 1. The number of carbonyl (C=O) groups is 1. The first kappa shape index (κ1) is 18.9. The molecule has 1 N–H and O–H groups in total. The number of halogens is 3. The van der Waals surface area contributed by atoms with Gasteiger partial charge in [0.05, 0.1) is 17.2 Å². The molecule has 1 aliphatic rings. The Morgan fingerprint density at radius 1 is 1.03 bits per heavy atom. The van der Waals surface area contributed by atoms with E-state index in [1.165, 1.54) is 12.1 Å². The molecular weight excluding hydrogens is 381 g/mol. The Balaban J connectivity index is 1.51. The van der Waals surface area contributed by atoms with Gasteiger partial charge in [-0.15, -0.1) is 0 Å². The Kier molecular flexibility index (Phi) is 4.66. The number of anilines is 1. The van der Waals surface area contributed by atoms with Crippen molar-refractivity contribution in [2.45, 2.75) is 6.18 Å². The molecule has 148 valence electrons. The van der Waals surface area contributed by atoms with Gasteiger partial charge in [-0.2, -0.15) is 18.4 Å². The first-order valence-corrected chi connectivity index (χ1v) is 9.10. The zero-order valence-electron chi connectivity index (χ0n) is 15.3. The van der Waals surface area contributed by atoms with Gasteiger partial charge in [-0.25, -0.2) is 0 Å². The smallest absolute Gasteiger partial charge is 0.367 e. The molecule has 0 saturated carbocycles. The topological polar surface area (TPSA) is 63.1 Å². The molecule has 4 rings (SSSR count). The average Bonchev–Trinajstić information content (AvgIpc) is 3.16. The number of alkyl halides is 3. The van der Waals surface area contributed by atoms with Crippen molar-refractivity contribution in [1.29, 1.82) is 5.26 Å². The first-order valence-electron chi connectivity index (χ1n) is 9.10. The maximum atomic E-state index is 13.4. The monoisotopic (exact) mass is 398 g/mol. The van der Waals surface area contributed by atoms with E-state index < -0.39 is 11.7 Å². The summed E-state index contributed by atoms with van der Waals surface area (Å²) in [5, 5.41) is 9.84. The molecule has 0 bridgehead atoms. The summed E-state index contributed by atoms with van der Waals surface area (Å²) in [6.07, 6.45) is -4.56. The van der Waals surface area contributed by atoms with Gasteiger partial charge in [0.15, 0.2) is 0 Å². The van der Waals surface area contributed by atoms with Gasteiger partial charge >= 0.3 is 6.18 Å². The Morgan fingerprint density at radius 3 is 2.41 bits per heavy atom. The summed E-state index contributed by atoms with van der Waals surface area (Å²) in [6, 6.07) is 14.7. The zero-order chi connectivity index (χ0) is 20.6. The number of piperazine rings is 1. The summed E-state index contributed by atoms with van der Waals surface area (Å²) < 4.78 is 40.3. The van der Waals surface area contributed by atoms with Gasteiger partial charge in [0, 0.05) is 42.8 Å². The normalized spacial score (nSPS) is 14.8. The number of benzene rings is 2. The second-order valence-corrected chi connectivity index (χ2v) is 6.89. The van der Waals surface area contributed by atoms with Crippen LogP contribution in [0.25, 0.3) is 10.9 Å². The van der Waals surface area contributed by atoms with Gasteiger partial charge in [0.2, 0.25) is 0 Å². The highest BCUT2D eigenvalue weighted by Gasteiger charge is 2.36. The molecule has 8 heteroatoms. The molecule has 0 radical (unpaired) electrons. The molecule has 1 aliphatic heterocycles. The number of fused-ring (bicyclic) bond motifs is 1. The molecule has 2 aromatic carbocycles. The molecule has 0 atom stereocenters. The van der Waals surface area contributed by atoms with Crippen molar-refractivity contribution < 1.29 is 18.0 Å². The van der Waals surface area contributed by atoms with Crippen LogP contribution in [0.5, 0.6) is 0 Å². The predicted octanol–water partition coefficient (Wildman–Crippen LogP) is 4.02. The van der Waals surface area contributed by atoms with Gasteiger partial charge in [0.1, 0.15) is 5.69 Å². The fourth-order valence-corrected chi connectivity index (χ4v) is 3.62. The van der Waals surface area contributed by atoms with Crippen LogP contribution in [0.3, 0.4) is 0 Å². The van der Waals surface area contributed by atoms with Crippen LogP contribution in [0.1, 0.15) is 21.6 Å². The lowest BCUT2D eigenvalue weighted by atomic mass is 10.1. The van der Waals surface area contributed by atoms with E-state index in [0.29, 0.717) is 18.8 Å². The highest BCUT2D eigenvalue weighted by molar-refractivity contribution is 5.98. The van der Waals surface area contributed by atoms with Crippen LogP contribution in [-0.2, 0) is 6.18 Å². The summed E-state index contributed by atoms with van der Waals surface area (Å²) >= 11 is 0. The minimum Gasteiger partial charge on any atom is -0.367 e. The van der Waals surface area contributed by atoms with Gasteiger partial charge in [-0.3, -0.25) is 4.79 Å². The quantitative estimate of drug-likeness (QED) is 0.709. The molecule has 1 aromatic heterocycles. The van der Waals surface area contributed by atoms with Gasteiger partial charge in [-0.05, 0) is 30.3 Å². The van der Waals surface area contributed by atoms with Gasteiger partial charge in [0.25, 0.3) is 5.91 Å². The number of rotatable bonds is 2. The second-order valence-electron chi connectivity index (χ2n) is 6.89. The third kappa shape index (κ3) is 3.63. The standard InChI is InChI=1S/C21H17F3N4O/c22-21(23,24)16-11-14(13-25)5-6-19(16)27-7-9-28(10-8-27)20(29)18-12-15-3-1-2-4-17(15)26-18/h1-6,11-12,26H,7-10H2. The number of para-hydroxylation sites is 1. The van der Waals surface area contributed by atoms with Crippen LogP contribution in [0.15, 0.2) is 48.5 Å². The molecule has 2 heterocycles. The largest absolute Gasteiger partial charge is 0.418 e. The minimum absolute atomic E-state index is 0.0336. The summed E-state index contributed by atoms with van der Waals surface area (Å²) in [5.41, 5.74) is 0.505. The molecule has 1 fully saturated rings. The highest BCUT2D eigenvalue weighted by Crippen LogP contribution is 2.37. The van der Waals surface area contributed by atoms with Crippen LogP contribution >= 0.6 is 0 Å². The van der Waals surface area contributed by atoms with Crippen LogP contribution in [0, 0.1) is 11.3 Å². The fourth-order valence-electron chi connectivity index (χ4n) is 3.62. The Morgan fingerprint density at radius 2 is 1.76 bits per heavy atom. The Bertz CT molecular complexity index is 1070. The molecule has 0 aliphatic carbocycles. The molecular formula is C21H17F3N4O. The van der Waals surface area contributed by atoms with Gasteiger partial charge in [-0.1, -0.05) is 18.2 Å². The third-order valence-electron chi connectivity index (χ3n) is 5.10. The lowest BCUT2D eigenvalue weighted by molar-refractivity contribution is -0.137. The zero-order valence-corrected chi connectivity index (χ0v) is 15.3. The van der Waals surface area contributed by atoms with E-state index in [1.54, 1.807) is 21.9 Å². The molecule has 1 amide bonds. The van der Waals surface area contributed by atoms with E-state index in [1.807, 2.05) is 24.3 Å². The maximum absolute atomic E-state index is 13.4. The minimum atomic E-state index is -4.56. The number of hydrogen-bond acceptors (Lipinski definition) is 3. The molecule has 0 unspecified atom stereocenters. The maximum Gasteiger partial charge on any atom is 0.418 e. The van der Waals surface area contributed by atoms with Gasteiger partial charge < -0.3 is 14.8 Å². The molecule has 5 nitrogen and oxygen atoms in total. The second kappa shape index (κ2) is 7.17. The molecule has 1 saturated heterocycles. The third-order valence-corrected chi connectivity index (χ3v) is 5.10. The van der Waals surface area contributed by atoms with E-state index in [-0.39, 0.29) is 30.2 Å². The van der Waals surface area contributed by atoms with Crippen LogP contribution in [0.2, 0.25) is 0 Å². The lowest BCUT2D eigenvalue weighted by Crippen LogP contribution is -2.49. The van der Waals surface area contributed by atoms with Crippen LogP contribution < -0.4 is 4.90 Å². The number of hydrogen-bond donors (Lipinski definition) is 1. The number of carbonyl (C=O) groups excluding carboxylic acids is 1. The summed E-state index contributed by atoms with van der Waals surface area (Å²) in [4.78, 5) is 19.1. The van der Waals surface area contributed by atoms with Crippen molar-refractivity contribution >= 4 is 22.5 Å². The summed E-state index contributed by atoms with van der Waals surface area (Å²) in [5.74, 6) is -0.170. The number of H-pyrrole nitrogens is 1. The first-order chi connectivity index (χ1) is 13.9. The van der Waals surface area contributed by atoms with Crippen LogP contribution in [0.4, 0.5) is 18.9 Å². The van der Waals surface area contributed by atoms with Crippen molar-refractivity contribution in [3.63, 3.8) is 0 Å². The van der Waals surface area contributed by atoms with E-state index in [9.17, 15) is 18.0 Å². The number of nitriles is 1. The predicted molar refractivity (Wildman–Crippen MR) is 103 cm³/mol. The number of aromatic amines is 1. The average molecular weight is 398 g/mol. The van der Waals surface area contributed by atoms with Crippen LogP contribution in [-0.4, -0.2) is 42.0 Å². The fraction of sp³-hybridized carbons (Fsp3) is 0.238. The van der Waals surface area contributed by atoms with E-state index in [0.717, 1.165) is 17.0 Å². The summed E-state index contributed by atoms with van der Waals surface area (Å²) in [7, 11) is 0. The van der Waals surface area contributed by atoms with Crippen molar-refractivity contribution in [1.82, 2.24) is 9.88 Å². The van der Waals surface area contributed by atoms with E-state index in [2.05, 4.69) is 4.98 Å². The number of nitrogens with zero attached hydrogens (tertiary/aromatic N) is 3.